The van der Waals surface area contributed by atoms with Crippen LogP contribution in [-0.2, 0) is 0 Å². The Morgan fingerprint density at radius 3 is 1.52 bits per heavy atom. The van der Waals surface area contributed by atoms with Crippen LogP contribution in [0.2, 0.25) is 0 Å². The van der Waals surface area contributed by atoms with Crippen LogP contribution in [0.15, 0.2) is 273 Å². The first-order chi connectivity index (χ1) is 34.2. The molecular weight excluding hydrogens is 835 g/mol. The van der Waals surface area contributed by atoms with Crippen molar-refractivity contribution in [1.82, 2.24) is 0 Å². The van der Waals surface area contributed by atoms with Crippen molar-refractivity contribution in [2.75, 3.05) is 14.7 Å². The van der Waals surface area contributed by atoms with E-state index in [4.69, 9.17) is 0 Å². The van der Waals surface area contributed by atoms with Gasteiger partial charge in [0.25, 0.3) is 0 Å². The molecule has 0 saturated heterocycles. The van der Waals surface area contributed by atoms with Crippen LogP contribution in [0.25, 0.3) is 54.6 Å². The highest BCUT2D eigenvalue weighted by Gasteiger charge is 2.38. The summed E-state index contributed by atoms with van der Waals surface area (Å²) >= 11 is 0. The molecule has 69 heavy (non-hydrogen) atoms. The standard InChI is InChI=1S/C66H47N3/c1-3-17-46(18-4-1)47-33-37-52(38-34-47)67(62-31-15-21-48-19-7-9-25-56(48)62)53-39-35-50(36-40-53)55-42-44-65(59-28-12-11-27-58(55)59)69(63-32-16-22-49-20-8-10-26-57(49)63)54-41-43-66-61(45-54)60-29-13-14-30-64(60)68(66)51-23-5-2-6-24-51/h1-45,60,64H. The van der Waals surface area contributed by atoms with Crippen LogP contribution < -0.4 is 14.7 Å². The molecule has 0 amide bonds. The van der Waals surface area contributed by atoms with E-state index < -0.39 is 0 Å². The van der Waals surface area contributed by atoms with Gasteiger partial charge in [-0.05, 0) is 117 Å². The van der Waals surface area contributed by atoms with Gasteiger partial charge in [-0.3, -0.25) is 0 Å². The average molecular weight is 882 g/mol. The molecule has 0 saturated carbocycles. The summed E-state index contributed by atoms with van der Waals surface area (Å²) in [7, 11) is 0. The summed E-state index contributed by atoms with van der Waals surface area (Å²) in [6.45, 7) is 0. The van der Waals surface area contributed by atoms with Crippen molar-refractivity contribution in [2.45, 2.75) is 12.0 Å². The lowest BCUT2D eigenvalue weighted by Gasteiger charge is -2.30. The SMILES string of the molecule is C1=CC2c3cc(N(c4cccc5ccccc45)c4ccc(-c5ccc(N(c6ccc(-c7ccccc7)cc6)c6cccc7ccccc67)cc5)c5ccccc45)ccc3N(c3ccccc3)C2C=C1. The van der Waals surface area contributed by atoms with Gasteiger partial charge in [0.2, 0.25) is 0 Å². The normalized spacial score (nSPS) is 14.8. The molecule has 326 valence electrons. The summed E-state index contributed by atoms with van der Waals surface area (Å²) in [5, 5.41) is 7.22. The van der Waals surface area contributed by atoms with E-state index in [1.54, 1.807) is 0 Å². The molecule has 2 unspecified atom stereocenters. The second kappa shape index (κ2) is 17.1. The Labute approximate surface area is 403 Å². The quantitative estimate of drug-likeness (QED) is 0.143. The predicted molar refractivity (Wildman–Crippen MR) is 293 cm³/mol. The topological polar surface area (TPSA) is 9.72 Å². The van der Waals surface area contributed by atoms with Crippen LogP contribution >= 0.6 is 0 Å². The predicted octanol–water partition coefficient (Wildman–Crippen LogP) is 18.1. The molecule has 1 heterocycles. The zero-order valence-electron chi connectivity index (χ0n) is 38.0. The van der Waals surface area contributed by atoms with Crippen LogP contribution in [0.4, 0.5) is 45.5 Å². The van der Waals surface area contributed by atoms with E-state index in [0.717, 1.165) is 39.7 Å². The molecule has 1 aliphatic carbocycles. The third kappa shape index (κ3) is 7.06. The van der Waals surface area contributed by atoms with E-state index >= 15 is 0 Å². The first-order valence-corrected chi connectivity index (χ1v) is 23.9. The Morgan fingerprint density at radius 1 is 0.333 bits per heavy atom. The average Bonchev–Trinajstić information content (AvgIpc) is 3.76. The minimum atomic E-state index is 0.208. The minimum absolute atomic E-state index is 0.208. The summed E-state index contributed by atoms with van der Waals surface area (Å²) in [6.07, 6.45) is 9.12. The highest BCUT2D eigenvalue weighted by atomic mass is 15.2. The van der Waals surface area contributed by atoms with Crippen molar-refractivity contribution in [3.8, 4) is 22.3 Å². The molecule has 0 radical (unpaired) electrons. The van der Waals surface area contributed by atoms with Crippen molar-refractivity contribution in [3.05, 3.63) is 279 Å². The third-order valence-electron chi connectivity index (χ3n) is 14.2. The Hall–Kier alpha value is -8.92. The van der Waals surface area contributed by atoms with Crippen LogP contribution in [0, 0.1) is 0 Å². The number of rotatable bonds is 9. The maximum Gasteiger partial charge on any atom is 0.0629 e. The van der Waals surface area contributed by atoms with Crippen molar-refractivity contribution >= 4 is 77.8 Å². The van der Waals surface area contributed by atoms with Crippen molar-refractivity contribution < 1.29 is 0 Å². The summed E-state index contributed by atoms with van der Waals surface area (Å²) in [4.78, 5) is 7.39. The zero-order chi connectivity index (χ0) is 45.7. The second-order valence-corrected chi connectivity index (χ2v) is 18.0. The van der Waals surface area contributed by atoms with Crippen LogP contribution in [0.3, 0.4) is 0 Å². The first kappa shape index (κ1) is 40.4. The molecule has 2 aliphatic rings. The van der Waals surface area contributed by atoms with Gasteiger partial charge in [-0.1, -0.05) is 200 Å². The van der Waals surface area contributed by atoms with Crippen LogP contribution in [0.1, 0.15) is 11.5 Å². The van der Waals surface area contributed by atoms with Gasteiger partial charge in [0.15, 0.2) is 0 Å². The molecule has 3 nitrogen and oxygen atoms in total. The van der Waals surface area contributed by atoms with Crippen molar-refractivity contribution in [1.29, 1.82) is 0 Å². The Kier molecular flexibility index (Phi) is 9.98. The largest absolute Gasteiger partial charge is 0.333 e. The Morgan fingerprint density at radius 2 is 0.841 bits per heavy atom. The number of allylic oxidation sites excluding steroid dienone is 2. The van der Waals surface area contributed by atoms with Gasteiger partial charge in [0.1, 0.15) is 0 Å². The monoisotopic (exact) mass is 881 g/mol. The molecular formula is C66H47N3. The van der Waals surface area contributed by atoms with E-state index in [9.17, 15) is 0 Å². The molecule has 0 spiro atoms. The molecule has 11 aromatic carbocycles. The summed E-state index contributed by atoms with van der Waals surface area (Å²) in [6, 6.07) is 91.1. The fourth-order valence-corrected chi connectivity index (χ4v) is 11.0. The molecule has 0 fully saturated rings. The van der Waals surface area contributed by atoms with E-state index in [-0.39, 0.29) is 12.0 Å². The number of anilines is 8. The van der Waals surface area contributed by atoms with Gasteiger partial charge < -0.3 is 14.7 Å². The maximum atomic E-state index is 2.50. The summed E-state index contributed by atoms with van der Waals surface area (Å²) in [5.41, 5.74) is 15.3. The number of nitrogens with zero attached hydrogens (tertiary/aromatic N) is 3. The fraction of sp³-hybridized carbons (Fsp3) is 0.0303. The minimum Gasteiger partial charge on any atom is -0.333 e. The van der Waals surface area contributed by atoms with Crippen LogP contribution in [0.5, 0.6) is 0 Å². The number of para-hydroxylation sites is 1. The first-order valence-electron chi connectivity index (χ1n) is 23.9. The molecule has 0 aromatic heterocycles. The third-order valence-corrected chi connectivity index (χ3v) is 14.2. The molecule has 1 aliphatic heterocycles. The van der Waals surface area contributed by atoms with E-state index in [0.29, 0.717) is 0 Å². The number of hydrogen-bond acceptors (Lipinski definition) is 3. The van der Waals surface area contributed by atoms with Crippen LogP contribution in [-0.4, -0.2) is 6.04 Å². The molecule has 3 heteroatoms. The zero-order valence-corrected chi connectivity index (χ0v) is 38.0. The molecule has 2 atom stereocenters. The van der Waals surface area contributed by atoms with Gasteiger partial charge >= 0.3 is 0 Å². The van der Waals surface area contributed by atoms with Crippen molar-refractivity contribution in [3.63, 3.8) is 0 Å². The highest BCUT2D eigenvalue weighted by molar-refractivity contribution is 6.09. The van der Waals surface area contributed by atoms with E-state index in [1.807, 2.05) is 0 Å². The van der Waals surface area contributed by atoms with Gasteiger partial charge in [0, 0.05) is 50.5 Å². The van der Waals surface area contributed by atoms with Gasteiger partial charge in [-0.15, -0.1) is 0 Å². The van der Waals surface area contributed by atoms with Gasteiger partial charge in [-0.2, -0.15) is 0 Å². The van der Waals surface area contributed by atoms with Gasteiger partial charge in [-0.25, -0.2) is 0 Å². The lowest BCUT2D eigenvalue weighted by Crippen LogP contribution is -2.28. The van der Waals surface area contributed by atoms with Crippen molar-refractivity contribution in [2.24, 2.45) is 0 Å². The Balaban J connectivity index is 0.932. The second-order valence-electron chi connectivity index (χ2n) is 18.0. The highest BCUT2D eigenvalue weighted by Crippen LogP contribution is 2.52. The van der Waals surface area contributed by atoms with E-state index in [2.05, 4.69) is 288 Å². The summed E-state index contributed by atoms with van der Waals surface area (Å²) in [5.74, 6) is 0.229. The number of hydrogen-bond donors (Lipinski definition) is 0. The fourth-order valence-electron chi connectivity index (χ4n) is 11.0. The number of benzene rings is 11. The molecule has 11 aromatic rings. The molecule has 0 bridgehead atoms. The maximum absolute atomic E-state index is 2.50. The Bertz CT molecular complexity index is 3730. The lowest BCUT2D eigenvalue weighted by molar-refractivity contribution is 0.745. The smallest absolute Gasteiger partial charge is 0.0629 e. The van der Waals surface area contributed by atoms with E-state index in [1.165, 1.54) is 65.9 Å². The molecule has 13 rings (SSSR count). The summed E-state index contributed by atoms with van der Waals surface area (Å²) < 4.78 is 0. The molecule has 0 N–H and O–H groups in total. The number of fused-ring (bicyclic) bond motifs is 6. The van der Waals surface area contributed by atoms with Gasteiger partial charge in [0.05, 0.1) is 23.1 Å². The lowest BCUT2D eigenvalue weighted by atomic mass is 9.91.